The number of aryl methyl sites for hydroxylation is 1. The van der Waals surface area contributed by atoms with Crippen molar-refractivity contribution in [2.24, 2.45) is 0 Å². The van der Waals surface area contributed by atoms with Crippen LogP contribution in [0.25, 0.3) is 0 Å². The quantitative estimate of drug-likeness (QED) is 0.772. The molecule has 0 atom stereocenters. The van der Waals surface area contributed by atoms with E-state index in [-0.39, 0.29) is 0 Å². The van der Waals surface area contributed by atoms with Crippen LogP contribution in [0, 0.1) is 6.92 Å². The SMILES string of the molecule is Cc1cc(NC2CC(c3ccccc3Cl)C2)cnc1Br. The first-order chi connectivity index (χ1) is 9.63. The minimum atomic E-state index is 0.513. The van der Waals surface area contributed by atoms with Gasteiger partial charge in [-0.3, -0.25) is 0 Å². The summed E-state index contributed by atoms with van der Waals surface area (Å²) >= 11 is 9.66. The van der Waals surface area contributed by atoms with Crippen LogP contribution >= 0.6 is 27.5 Å². The Hall–Kier alpha value is -1.06. The van der Waals surface area contributed by atoms with Crippen molar-refractivity contribution < 1.29 is 0 Å². The van der Waals surface area contributed by atoms with E-state index in [0.29, 0.717) is 12.0 Å². The van der Waals surface area contributed by atoms with Gasteiger partial charge in [-0.15, -0.1) is 0 Å². The Labute approximate surface area is 132 Å². The second-order valence-corrected chi connectivity index (χ2v) is 6.52. The van der Waals surface area contributed by atoms with Crippen molar-refractivity contribution in [3.63, 3.8) is 0 Å². The fourth-order valence-electron chi connectivity index (χ4n) is 2.67. The monoisotopic (exact) mass is 350 g/mol. The molecule has 0 unspecified atom stereocenters. The number of nitrogens with zero attached hydrogens (tertiary/aromatic N) is 1. The summed E-state index contributed by atoms with van der Waals surface area (Å²) < 4.78 is 0.908. The molecule has 20 heavy (non-hydrogen) atoms. The summed E-state index contributed by atoms with van der Waals surface area (Å²) in [4.78, 5) is 4.31. The second-order valence-electron chi connectivity index (χ2n) is 5.36. The Balaban J connectivity index is 1.61. The lowest BCUT2D eigenvalue weighted by atomic mass is 9.76. The highest BCUT2D eigenvalue weighted by Crippen LogP contribution is 2.41. The van der Waals surface area contributed by atoms with Gasteiger partial charge < -0.3 is 5.32 Å². The van der Waals surface area contributed by atoms with Gasteiger partial charge in [0.25, 0.3) is 0 Å². The molecule has 1 aliphatic rings. The maximum Gasteiger partial charge on any atom is 0.109 e. The number of hydrogen-bond acceptors (Lipinski definition) is 2. The van der Waals surface area contributed by atoms with Crippen LogP contribution in [0.2, 0.25) is 5.02 Å². The smallest absolute Gasteiger partial charge is 0.109 e. The van der Waals surface area contributed by atoms with Gasteiger partial charge in [0.1, 0.15) is 4.60 Å². The largest absolute Gasteiger partial charge is 0.381 e. The summed E-state index contributed by atoms with van der Waals surface area (Å²) in [6.07, 6.45) is 4.12. The normalized spacial score (nSPS) is 21.4. The molecule has 0 aliphatic heterocycles. The van der Waals surface area contributed by atoms with Crippen LogP contribution in [0.4, 0.5) is 5.69 Å². The van der Waals surface area contributed by atoms with Crippen LogP contribution in [-0.2, 0) is 0 Å². The molecule has 2 nitrogen and oxygen atoms in total. The van der Waals surface area contributed by atoms with Gasteiger partial charge >= 0.3 is 0 Å². The molecule has 1 fully saturated rings. The summed E-state index contributed by atoms with van der Waals surface area (Å²) in [5.74, 6) is 0.575. The maximum absolute atomic E-state index is 6.24. The highest BCUT2D eigenvalue weighted by molar-refractivity contribution is 9.10. The van der Waals surface area contributed by atoms with Gasteiger partial charge in [-0.2, -0.15) is 0 Å². The van der Waals surface area contributed by atoms with Crippen LogP contribution < -0.4 is 5.32 Å². The number of benzene rings is 1. The van der Waals surface area contributed by atoms with Gasteiger partial charge in [0.15, 0.2) is 0 Å². The first-order valence-corrected chi connectivity index (χ1v) is 7.93. The standard InChI is InChI=1S/C16H16BrClN2/c1-10-6-13(9-19-16(10)17)20-12-7-11(8-12)14-4-2-3-5-15(14)18/h2-6,9,11-12,20H,7-8H2,1H3. The van der Waals surface area contributed by atoms with E-state index >= 15 is 0 Å². The predicted molar refractivity (Wildman–Crippen MR) is 87.5 cm³/mol. The highest BCUT2D eigenvalue weighted by Gasteiger charge is 2.31. The molecule has 1 aromatic carbocycles. The molecule has 1 heterocycles. The number of nitrogens with one attached hydrogen (secondary N) is 1. The Morgan fingerprint density at radius 3 is 2.75 bits per heavy atom. The van der Waals surface area contributed by atoms with E-state index in [1.807, 2.05) is 18.3 Å². The lowest BCUT2D eigenvalue weighted by Gasteiger charge is -2.37. The number of pyridine rings is 1. The minimum Gasteiger partial charge on any atom is -0.381 e. The molecule has 1 saturated carbocycles. The minimum absolute atomic E-state index is 0.513. The van der Waals surface area contributed by atoms with E-state index in [1.54, 1.807) is 0 Å². The van der Waals surface area contributed by atoms with Crippen molar-refractivity contribution in [3.05, 3.63) is 57.3 Å². The number of rotatable bonds is 3. The first kappa shape index (κ1) is 13.9. The Morgan fingerprint density at radius 2 is 2.05 bits per heavy atom. The molecule has 1 aliphatic carbocycles. The van der Waals surface area contributed by atoms with Crippen molar-refractivity contribution in [1.29, 1.82) is 0 Å². The Morgan fingerprint density at radius 1 is 1.30 bits per heavy atom. The van der Waals surface area contributed by atoms with Gasteiger partial charge in [0.2, 0.25) is 0 Å². The fraction of sp³-hybridized carbons (Fsp3) is 0.312. The third-order valence-electron chi connectivity index (χ3n) is 3.87. The van der Waals surface area contributed by atoms with Gasteiger partial charge in [0.05, 0.1) is 11.9 Å². The zero-order valence-corrected chi connectivity index (χ0v) is 13.6. The predicted octanol–water partition coefficient (Wildman–Crippen LogP) is 5.16. The zero-order chi connectivity index (χ0) is 14.1. The summed E-state index contributed by atoms with van der Waals surface area (Å²) in [5.41, 5.74) is 3.52. The maximum atomic E-state index is 6.24. The molecule has 0 saturated heterocycles. The lowest BCUT2D eigenvalue weighted by Crippen LogP contribution is -2.34. The van der Waals surface area contributed by atoms with Gasteiger partial charge in [0, 0.05) is 11.1 Å². The fourth-order valence-corrected chi connectivity index (χ4v) is 3.18. The van der Waals surface area contributed by atoms with Gasteiger partial charge in [-0.1, -0.05) is 29.8 Å². The summed E-state index contributed by atoms with van der Waals surface area (Å²) in [5, 5.41) is 4.43. The highest BCUT2D eigenvalue weighted by atomic mass is 79.9. The Kier molecular flexibility index (Phi) is 3.99. The van der Waals surface area contributed by atoms with Crippen molar-refractivity contribution in [2.45, 2.75) is 31.7 Å². The summed E-state index contributed by atoms with van der Waals surface area (Å²) in [6.45, 7) is 2.05. The molecule has 0 bridgehead atoms. The van der Waals surface area contributed by atoms with Gasteiger partial charge in [-0.05, 0) is 64.9 Å². The molecular formula is C16H16BrClN2. The third kappa shape index (κ3) is 2.84. The van der Waals surface area contributed by atoms with Crippen LogP contribution in [0.1, 0.15) is 29.9 Å². The average Bonchev–Trinajstić information content (AvgIpc) is 2.39. The topological polar surface area (TPSA) is 24.9 Å². The molecular weight excluding hydrogens is 336 g/mol. The lowest BCUT2D eigenvalue weighted by molar-refractivity contribution is 0.374. The van der Waals surface area contributed by atoms with E-state index in [9.17, 15) is 0 Å². The molecule has 3 rings (SSSR count). The molecule has 1 aromatic heterocycles. The van der Waals surface area contributed by atoms with E-state index < -0.39 is 0 Å². The zero-order valence-electron chi connectivity index (χ0n) is 11.2. The van der Waals surface area contributed by atoms with E-state index in [2.05, 4.69) is 51.4 Å². The molecule has 0 spiro atoms. The molecule has 0 radical (unpaired) electrons. The molecule has 1 N–H and O–H groups in total. The molecule has 104 valence electrons. The van der Waals surface area contributed by atoms with Crippen LogP contribution in [-0.4, -0.2) is 11.0 Å². The van der Waals surface area contributed by atoms with Crippen molar-refractivity contribution in [3.8, 4) is 0 Å². The molecule has 0 amide bonds. The van der Waals surface area contributed by atoms with Gasteiger partial charge in [-0.25, -0.2) is 4.98 Å². The second kappa shape index (κ2) is 5.74. The van der Waals surface area contributed by atoms with E-state index in [4.69, 9.17) is 11.6 Å². The average molecular weight is 352 g/mol. The van der Waals surface area contributed by atoms with Crippen LogP contribution in [0.5, 0.6) is 0 Å². The summed E-state index contributed by atoms with van der Waals surface area (Å²) in [7, 11) is 0. The number of hydrogen-bond donors (Lipinski definition) is 1. The number of aromatic nitrogens is 1. The van der Waals surface area contributed by atoms with Crippen molar-refractivity contribution in [2.75, 3.05) is 5.32 Å². The van der Waals surface area contributed by atoms with Crippen molar-refractivity contribution >= 4 is 33.2 Å². The van der Waals surface area contributed by atoms with Crippen LogP contribution in [0.3, 0.4) is 0 Å². The van der Waals surface area contributed by atoms with E-state index in [1.165, 1.54) is 5.56 Å². The Bertz CT molecular complexity index is 624. The third-order valence-corrected chi connectivity index (χ3v) is 5.04. The molecule has 2 aromatic rings. The van der Waals surface area contributed by atoms with Crippen molar-refractivity contribution in [1.82, 2.24) is 4.98 Å². The number of anilines is 1. The van der Waals surface area contributed by atoms with E-state index in [0.717, 1.165) is 33.7 Å². The number of halogens is 2. The molecule has 4 heteroatoms. The first-order valence-electron chi connectivity index (χ1n) is 6.76. The summed E-state index contributed by atoms with van der Waals surface area (Å²) in [6, 6.07) is 10.8. The van der Waals surface area contributed by atoms with Crippen LogP contribution in [0.15, 0.2) is 41.1 Å².